The molecule has 23 heavy (non-hydrogen) atoms. The fraction of sp³-hybridized carbons (Fsp3) is 0.438. The van der Waals surface area contributed by atoms with E-state index in [9.17, 15) is 14.4 Å². The molecule has 1 saturated carbocycles. The Morgan fingerprint density at radius 3 is 2.35 bits per heavy atom. The summed E-state index contributed by atoms with van der Waals surface area (Å²) < 4.78 is 5.25. The van der Waals surface area contributed by atoms with Crippen LogP contribution in [-0.4, -0.2) is 29.5 Å². The van der Waals surface area contributed by atoms with Gasteiger partial charge in [0.1, 0.15) is 5.75 Å². The Bertz CT molecular complexity index is 561. The fourth-order valence-electron chi connectivity index (χ4n) is 2.67. The molecular weight excluding hydrogens is 300 g/mol. The van der Waals surface area contributed by atoms with E-state index in [2.05, 4.69) is 10.9 Å². The van der Waals surface area contributed by atoms with Gasteiger partial charge in [-0.25, -0.2) is 0 Å². The number of amides is 2. The van der Waals surface area contributed by atoms with Crippen molar-refractivity contribution in [1.29, 1.82) is 0 Å². The van der Waals surface area contributed by atoms with Gasteiger partial charge in [-0.15, -0.1) is 0 Å². The molecule has 0 heterocycles. The minimum Gasteiger partial charge on any atom is -0.484 e. The number of hydrogen-bond donors (Lipinski definition) is 3. The van der Waals surface area contributed by atoms with E-state index in [1.165, 1.54) is 0 Å². The lowest BCUT2D eigenvalue weighted by molar-refractivity contribution is -0.149. The molecule has 124 valence electrons. The Labute approximate surface area is 134 Å². The smallest absolute Gasteiger partial charge is 0.307 e. The standard InChI is InChI=1S/C16H20N2O5/c19-14(10-23-11-6-2-1-3-7-11)17-18-15(20)12-8-4-5-9-13(12)16(21)22/h1-3,6-7,12-13H,4-5,8-10H2,(H,17,19)(H,18,20)(H,21,22)/t12-,13-/m0/s1. The summed E-state index contributed by atoms with van der Waals surface area (Å²) in [6, 6.07) is 8.82. The number of hydrazine groups is 1. The first kappa shape index (κ1) is 16.8. The second-order valence-electron chi connectivity index (χ2n) is 5.47. The third-order valence-corrected chi connectivity index (χ3v) is 3.86. The average molecular weight is 320 g/mol. The summed E-state index contributed by atoms with van der Waals surface area (Å²) >= 11 is 0. The molecule has 7 heteroatoms. The van der Waals surface area contributed by atoms with Crippen molar-refractivity contribution in [3.8, 4) is 5.75 Å². The van der Waals surface area contributed by atoms with Crippen LogP contribution in [-0.2, 0) is 14.4 Å². The lowest BCUT2D eigenvalue weighted by Gasteiger charge is -2.27. The summed E-state index contributed by atoms with van der Waals surface area (Å²) in [4.78, 5) is 34.9. The van der Waals surface area contributed by atoms with Crippen molar-refractivity contribution < 1.29 is 24.2 Å². The number of aliphatic carboxylic acids is 1. The molecule has 0 unspecified atom stereocenters. The first-order valence-corrected chi connectivity index (χ1v) is 7.57. The molecule has 1 aliphatic carbocycles. The first-order valence-electron chi connectivity index (χ1n) is 7.57. The van der Waals surface area contributed by atoms with E-state index in [1.54, 1.807) is 24.3 Å². The highest BCUT2D eigenvalue weighted by atomic mass is 16.5. The summed E-state index contributed by atoms with van der Waals surface area (Å²) in [5.74, 6) is -2.70. The van der Waals surface area contributed by atoms with Crippen molar-refractivity contribution in [3.05, 3.63) is 30.3 Å². The molecule has 2 rings (SSSR count). The quantitative estimate of drug-likeness (QED) is 0.705. The van der Waals surface area contributed by atoms with Gasteiger partial charge in [-0.3, -0.25) is 25.2 Å². The summed E-state index contributed by atoms with van der Waals surface area (Å²) in [6.45, 7) is -0.239. The maximum Gasteiger partial charge on any atom is 0.307 e. The molecule has 1 aromatic rings. The summed E-state index contributed by atoms with van der Waals surface area (Å²) in [5, 5.41) is 9.16. The molecule has 0 spiro atoms. The topological polar surface area (TPSA) is 105 Å². The zero-order chi connectivity index (χ0) is 16.7. The number of ether oxygens (including phenoxy) is 1. The molecule has 1 aliphatic rings. The molecule has 0 aromatic heterocycles. The Morgan fingerprint density at radius 2 is 1.70 bits per heavy atom. The van der Waals surface area contributed by atoms with Crippen LogP contribution in [0.25, 0.3) is 0 Å². The van der Waals surface area contributed by atoms with Crippen LogP contribution in [0.1, 0.15) is 25.7 Å². The maximum absolute atomic E-state index is 12.1. The van der Waals surface area contributed by atoms with E-state index in [4.69, 9.17) is 9.84 Å². The van der Waals surface area contributed by atoms with Gasteiger partial charge >= 0.3 is 5.97 Å². The van der Waals surface area contributed by atoms with Gasteiger partial charge < -0.3 is 9.84 Å². The minimum absolute atomic E-state index is 0.239. The Morgan fingerprint density at radius 1 is 1.04 bits per heavy atom. The molecule has 7 nitrogen and oxygen atoms in total. The first-order chi connectivity index (χ1) is 11.1. The zero-order valence-electron chi connectivity index (χ0n) is 12.7. The molecule has 0 saturated heterocycles. The van der Waals surface area contributed by atoms with Crippen LogP contribution in [0.15, 0.2) is 30.3 Å². The van der Waals surface area contributed by atoms with Crippen molar-refractivity contribution >= 4 is 17.8 Å². The van der Waals surface area contributed by atoms with Crippen LogP contribution >= 0.6 is 0 Å². The normalized spacial score (nSPS) is 20.3. The van der Waals surface area contributed by atoms with Gasteiger partial charge in [0, 0.05) is 0 Å². The van der Waals surface area contributed by atoms with Gasteiger partial charge in [0.15, 0.2) is 6.61 Å². The van der Waals surface area contributed by atoms with Gasteiger partial charge in [0.25, 0.3) is 5.91 Å². The number of carboxylic acids is 1. The Hall–Kier alpha value is -2.57. The van der Waals surface area contributed by atoms with E-state index < -0.39 is 29.6 Å². The van der Waals surface area contributed by atoms with Crippen molar-refractivity contribution in [2.45, 2.75) is 25.7 Å². The van der Waals surface area contributed by atoms with Crippen molar-refractivity contribution in [2.75, 3.05) is 6.61 Å². The average Bonchev–Trinajstić information content (AvgIpc) is 2.58. The van der Waals surface area contributed by atoms with Crippen LogP contribution in [0, 0.1) is 11.8 Å². The van der Waals surface area contributed by atoms with Gasteiger partial charge in [0.05, 0.1) is 11.8 Å². The summed E-state index contributed by atoms with van der Waals surface area (Å²) in [6.07, 6.45) is 2.61. The molecule has 0 aliphatic heterocycles. The third kappa shape index (κ3) is 4.98. The largest absolute Gasteiger partial charge is 0.484 e. The van der Waals surface area contributed by atoms with E-state index in [1.807, 2.05) is 6.07 Å². The molecule has 2 amide bonds. The van der Waals surface area contributed by atoms with Gasteiger partial charge in [-0.2, -0.15) is 0 Å². The number of rotatable bonds is 5. The minimum atomic E-state index is -0.969. The Balaban J connectivity index is 1.76. The number of benzene rings is 1. The van der Waals surface area contributed by atoms with Gasteiger partial charge in [-0.1, -0.05) is 31.0 Å². The predicted molar refractivity (Wildman–Crippen MR) is 81.3 cm³/mol. The van der Waals surface area contributed by atoms with Crippen LogP contribution in [0.2, 0.25) is 0 Å². The highest BCUT2D eigenvalue weighted by Crippen LogP contribution is 2.30. The molecule has 0 radical (unpaired) electrons. The van der Waals surface area contributed by atoms with Crippen LogP contribution in [0.5, 0.6) is 5.75 Å². The van der Waals surface area contributed by atoms with Crippen molar-refractivity contribution in [2.24, 2.45) is 11.8 Å². The second-order valence-corrected chi connectivity index (χ2v) is 5.47. The van der Waals surface area contributed by atoms with E-state index in [0.717, 1.165) is 12.8 Å². The molecule has 1 fully saturated rings. The maximum atomic E-state index is 12.1. The summed E-state index contributed by atoms with van der Waals surface area (Å²) in [7, 11) is 0. The molecule has 2 atom stereocenters. The van der Waals surface area contributed by atoms with Crippen molar-refractivity contribution in [3.63, 3.8) is 0 Å². The van der Waals surface area contributed by atoms with Crippen molar-refractivity contribution in [1.82, 2.24) is 10.9 Å². The predicted octanol–water partition coefficient (Wildman–Crippen LogP) is 1.10. The van der Waals surface area contributed by atoms with Crippen LogP contribution < -0.4 is 15.6 Å². The zero-order valence-corrected chi connectivity index (χ0v) is 12.7. The highest BCUT2D eigenvalue weighted by molar-refractivity contribution is 5.87. The number of hydrogen-bond acceptors (Lipinski definition) is 4. The molecular formula is C16H20N2O5. The SMILES string of the molecule is O=C(COc1ccccc1)NNC(=O)[C@H]1CCCC[C@@H]1C(=O)O. The third-order valence-electron chi connectivity index (χ3n) is 3.86. The second kappa shape index (κ2) is 8.17. The van der Waals surface area contributed by atoms with Gasteiger partial charge in [-0.05, 0) is 25.0 Å². The van der Waals surface area contributed by atoms with Crippen LogP contribution in [0.4, 0.5) is 0 Å². The summed E-state index contributed by atoms with van der Waals surface area (Å²) in [5.41, 5.74) is 4.54. The lowest BCUT2D eigenvalue weighted by Crippen LogP contribution is -2.49. The van der Waals surface area contributed by atoms with E-state index in [0.29, 0.717) is 18.6 Å². The Kier molecular flexibility index (Phi) is 5.96. The fourth-order valence-corrected chi connectivity index (χ4v) is 2.67. The number of carboxylic acid groups (broad SMARTS) is 1. The number of nitrogens with one attached hydrogen (secondary N) is 2. The van der Waals surface area contributed by atoms with Gasteiger partial charge in [0.2, 0.25) is 5.91 Å². The molecule has 3 N–H and O–H groups in total. The molecule has 1 aromatic carbocycles. The van der Waals surface area contributed by atoms with E-state index in [-0.39, 0.29) is 6.61 Å². The number of para-hydroxylation sites is 1. The highest BCUT2D eigenvalue weighted by Gasteiger charge is 2.35. The number of carbonyl (C=O) groups is 3. The molecule has 0 bridgehead atoms. The monoisotopic (exact) mass is 320 g/mol. The van der Waals surface area contributed by atoms with Crippen LogP contribution in [0.3, 0.4) is 0 Å². The number of carbonyl (C=O) groups excluding carboxylic acids is 2. The van der Waals surface area contributed by atoms with E-state index >= 15 is 0 Å². The lowest BCUT2D eigenvalue weighted by atomic mass is 9.79.